The van der Waals surface area contributed by atoms with E-state index in [0.717, 1.165) is 49.6 Å². The third kappa shape index (κ3) is 25.5. The van der Waals surface area contributed by atoms with Crippen molar-refractivity contribution in [3.05, 3.63) is 48.6 Å². The highest BCUT2D eigenvalue weighted by Crippen LogP contribution is 2.27. The number of quaternary nitrogens is 1. The second-order valence-corrected chi connectivity index (χ2v) is 10.9. The fourth-order valence-corrected chi connectivity index (χ4v) is 4.10. The Kier molecular flexibility index (Phi) is 22.7. The van der Waals surface area contributed by atoms with Gasteiger partial charge in [0.2, 0.25) is 5.91 Å². The summed E-state index contributed by atoms with van der Waals surface area (Å²) in [6, 6.07) is 0. The Labute approximate surface area is 222 Å². The van der Waals surface area contributed by atoms with Gasteiger partial charge < -0.3 is 9.80 Å². The van der Waals surface area contributed by atoms with Gasteiger partial charge in [0, 0.05) is 17.5 Å². The van der Waals surface area contributed by atoms with Crippen LogP contribution < -0.4 is 5.32 Å². The number of nitrogens with one attached hydrogen (secondary N) is 1. The Morgan fingerprint density at radius 1 is 0.861 bits per heavy atom. The number of hydrogen-bond acceptors (Lipinski definition) is 4. The lowest BCUT2D eigenvalue weighted by Crippen LogP contribution is -2.41. The average molecular weight is 525 g/mol. The lowest BCUT2D eigenvalue weighted by Gasteiger charge is -2.25. The first-order valence-corrected chi connectivity index (χ1v) is 14.8. The summed E-state index contributed by atoms with van der Waals surface area (Å²) >= 11 is 0. The molecule has 2 unspecified atom stereocenters. The molecular formula is C29H53N2O4P+2. The monoisotopic (exact) mass is 524 g/mol. The molecule has 0 aromatic rings. The van der Waals surface area contributed by atoms with E-state index < -0.39 is 8.25 Å². The Morgan fingerprint density at radius 3 is 1.94 bits per heavy atom. The molecule has 7 heteroatoms. The molecule has 0 bridgehead atoms. The van der Waals surface area contributed by atoms with Gasteiger partial charge in [0.05, 0.1) is 21.1 Å². The van der Waals surface area contributed by atoms with Crippen LogP contribution in [0.2, 0.25) is 0 Å². The summed E-state index contributed by atoms with van der Waals surface area (Å²) in [5.41, 5.74) is 0. The normalized spacial score (nSPS) is 14.0. The van der Waals surface area contributed by atoms with Gasteiger partial charge in [-0.05, 0) is 51.4 Å². The van der Waals surface area contributed by atoms with E-state index in [9.17, 15) is 9.36 Å². The van der Waals surface area contributed by atoms with Crippen molar-refractivity contribution in [2.45, 2.75) is 90.6 Å². The van der Waals surface area contributed by atoms with E-state index in [1.54, 1.807) is 0 Å². The maximum absolute atomic E-state index is 12.0. The van der Waals surface area contributed by atoms with Crippen molar-refractivity contribution in [3.63, 3.8) is 0 Å². The lowest BCUT2D eigenvalue weighted by molar-refractivity contribution is -0.873. The van der Waals surface area contributed by atoms with Gasteiger partial charge in [0.15, 0.2) is 6.10 Å². The molecule has 36 heavy (non-hydrogen) atoms. The van der Waals surface area contributed by atoms with Crippen molar-refractivity contribution in [1.82, 2.24) is 5.32 Å². The van der Waals surface area contributed by atoms with Crippen LogP contribution in [0.3, 0.4) is 0 Å². The highest BCUT2D eigenvalue weighted by molar-refractivity contribution is 7.33. The topological polar surface area (TPSA) is 64.6 Å². The Hall–Kier alpha value is -1.59. The summed E-state index contributed by atoms with van der Waals surface area (Å²) in [6.45, 7) is 5.51. The van der Waals surface area contributed by atoms with E-state index in [0.29, 0.717) is 13.0 Å². The predicted octanol–water partition coefficient (Wildman–Crippen LogP) is 7.42. The zero-order chi connectivity index (χ0) is 26.9. The van der Waals surface area contributed by atoms with Crippen molar-refractivity contribution in [3.8, 4) is 0 Å². The molecule has 6 nitrogen and oxygen atoms in total. The first-order chi connectivity index (χ1) is 17.3. The molecule has 1 N–H and O–H groups in total. The minimum Gasteiger partial charge on any atom is -0.354 e. The number of likely N-dealkylation sites (N-methyl/N-ethyl adjacent to an activating group) is 1. The fraction of sp³-hybridized carbons (Fsp3) is 0.690. The quantitative estimate of drug-likeness (QED) is 0.0654. The van der Waals surface area contributed by atoms with Gasteiger partial charge in [0.1, 0.15) is 13.2 Å². The van der Waals surface area contributed by atoms with E-state index >= 15 is 0 Å². The Bertz CT molecular complexity index is 681. The molecule has 0 aliphatic heterocycles. The summed E-state index contributed by atoms with van der Waals surface area (Å²) in [4.78, 5) is 11.9. The molecule has 0 saturated heterocycles. The zero-order valence-electron chi connectivity index (χ0n) is 23.6. The van der Waals surface area contributed by atoms with Crippen LogP contribution in [0.4, 0.5) is 0 Å². The van der Waals surface area contributed by atoms with Gasteiger partial charge in [-0.3, -0.25) is 4.79 Å². The number of nitrogens with zero attached hydrogens (tertiary/aromatic N) is 1. The molecule has 0 rings (SSSR count). The maximum Gasteiger partial charge on any atom is 0.697 e. The predicted molar refractivity (Wildman–Crippen MR) is 153 cm³/mol. The zero-order valence-corrected chi connectivity index (χ0v) is 24.5. The number of carbonyl (C=O) groups is 1. The molecule has 2 atom stereocenters. The largest absolute Gasteiger partial charge is 0.697 e. The molecule has 0 heterocycles. The van der Waals surface area contributed by atoms with Crippen LogP contribution in [-0.2, 0) is 18.4 Å². The van der Waals surface area contributed by atoms with Gasteiger partial charge in [-0.2, -0.15) is 0 Å². The molecule has 0 aromatic heterocycles. The Balaban J connectivity index is 3.68. The van der Waals surface area contributed by atoms with Gasteiger partial charge in [-0.1, -0.05) is 75.3 Å². The van der Waals surface area contributed by atoms with Crippen LogP contribution in [0.15, 0.2) is 48.6 Å². The Morgan fingerprint density at radius 2 is 1.42 bits per heavy atom. The fourth-order valence-electron chi connectivity index (χ4n) is 3.34. The molecule has 0 aliphatic rings. The molecule has 0 aliphatic carbocycles. The van der Waals surface area contributed by atoms with Crippen LogP contribution in [0, 0.1) is 0 Å². The van der Waals surface area contributed by atoms with Crippen LogP contribution in [0.1, 0.15) is 84.5 Å². The molecule has 0 saturated carbocycles. The first kappa shape index (κ1) is 34.4. The number of rotatable bonds is 23. The summed E-state index contributed by atoms with van der Waals surface area (Å²) in [5, 5.41) is 2.80. The van der Waals surface area contributed by atoms with E-state index in [2.05, 4.69) is 82.0 Å². The standard InChI is InChI=1S/C29H52N2O4P/c1-6-8-9-10-11-12-13-14-15-16-17-18-19-20-21-22-23-24-29(32)30-25-26-34-36(33)35-28(7-2)27-31(3,4)5/h11-12,14-15,17-18,20-21,28H,6-10,13,16,19,22-27H2,1-5H3/q+1/p+1/b12-11-,15-14-,18-17-,21-20-. The molecule has 1 amide bonds. The van der Waals surface area contributed by atoms with Crippen LogP contribution in [0.25, 0.3) is 0 Å². The lowest BCUT2D eigenvalue weighted by atomic mass is 10.2. The smallest absolute Gasteiger partial charge is 0.354 e. The molecule has 0 spiro atoms. The second-order valence-electron chi connectivity index (χ2n) is 10.00. The molecular weight excluding hydrogens is 471 g/mol. The summed E-state index contributed by atoms with van der Waals surface area (Å²) < 4.78 is 23.4. The van der Waals surface area contributed by atoms with Crippen molar-refractivity contribution < 1.29 is 22.9 Å². The van der Waals surface area contributed by atoms with E-state index in [4.69, 9.17) is 9.05 Å². The number of amides is 1. The van der Waals surface area contributed by atoms with Gasteiger partial charge in [0.25, 0.3) is 0 Å². The first-order valence-electron chi connectivity index (χ1n) is 13.7. The van der Waals surface area contributed by atoms with Crippen molar-refractivity contribution in [2.75, 3.05) is 40.8 Å². The molecule has 0 fully saturated rings. The molecule has 0 aromatic carbocycles. The van der Waals surface area contributed by atoms with E-state index in [-0.39, 0.29) is 18.6 Å². The number of unbranched alkanes of at least 4 members (excludes halogenated alkanes) is 4. The molecule has 0 radical (unpaired) electrons. The van der Waals surface area contributed by atoms with Gasteiger partial charge in [-0.15, -0.1) is 9.05 Å². The van der Waals surface area contributed by atoms with Crippen molar-refractivity contribution in [2.24, 2.45) is 0 Å². The number of hydrogen-bond donors (Lipinski definition) is 1. The van der Waals surface area contributed by atoms with Gasteiger partial charge >= 0.3 is 8.25 Å². The average Bonchev–Trinajstić information content (AvgIpc) is 2.82. The summed E-state index contributed by atoms with van der Waals surface area (Å²) in [5.74, 6) is -0.0119. The van der Waals surface area contributed by atoms with Crippen LogP contribution >= 0.6 is 8.25 Å². The summed E-state index contributed by atoms with van der Waals surface area (Å²) in [6.07, 6.45) is 28.4. The van der Waals surface area contributed by atoms with Gasteiger partial charge in [-0.25, -0.2) is 0 Å². The van der Waals surface area contributed by atoms with E-state index in [1.165, 1.54) is 25.7 Å². The van der Waals surface area contributed by atoms with Crippen LogP contribution in [0.5, 0.6) is 0 Å². The van der Waals surface area contributed by atoms with E-state index in [1.807, 2.05) is 6.92 Å². The van der Waals surface area contributed by atoms with Crippen LogP contribution in [-0.4, -0.2) is 57.3 Å². The SMILES string of the molecule is CCCCC/C=C\C/C=C\C/C=C\C/C=C\CCCC(=O)NCCO[P+](=O)OC(CC)C[N+](C)(C)C. The number of allylic oxidation sites excluding steroid dienone is 8. The maximum atomic E-state index is 12.0. The van der Waals surface area contributed by atoms with Crippen molar-refractivity contribution in [1.29, 1.82) is 0 Å². The third-order valence-corrected chi connectivity index (χ3v) is 6.16. The highest BCUT2D eigenvalue weighted by Gasteiger charge is 2.30. The molecule has 206 valence electrons. The third-order valence-electron chi connectivity index (χ3n) is 5.29. The summed E-state index contributed by atoms with van der Waals surface area (Å²) in [7, 11) is 4.03. The second kappa shape index (κ2) is 23.8. The minimum atomic E-state index is -2.17. The minimum absolute atomic E-state index is 0.0119. The highest BCUT2D eigenvalue weighted by atomic mass is 31.1. The van der Waals surface area contributed by atoms with Crippen molar-refractivity contribution >= 4 is 14.2 Å². The number of carbonyl (C=O) groups excluding carboxylic acids is 1.